The molecule has 0 saturated carbocycles. The van der Waals surface area contributed by atoms with Crippen molar-refractivity contribution in [3.63, 3.8) is 0 Å². The minimum atomic E-state index is -0.460. The highest BCUT2D eigenvalue weighted by Gasteiger charge is 2.19. The molecule has 0 unspecified atom stereocenters. The van der Waals surface area contributed by atoms with Gasteiger partial charge in [0, 0.05) is 0 Å². The Balaban J connectivity index is 1.85. The van der Waals surface area contributed by atoms with E-state index in [1.54, 1.807) is 16.7 Å². The van der Waals surface area contributed by atoms with Gasteiger partial charge in [0.1, 0.15) is 11.3 Å². The monoisotopic (exact) mass is 420 g/mol. The number of furan rings is 1. The fraction of sp³-hybridized carbons (Fsp3) is 0.174. The van der Waals surface area contributed by atoms with Crippen LogP contribution < -0.4 is 5.56 Å². The van der Waals surface area contributed by atoms with Gasteiger partial charge in [0.2, 0.25) is 0 Å². The van der Waals surface area contributed by atoms with E-state index in [0.717, 1.165) is 16.8 Å². The molecule has 4 rings (SSSR count). The van der Waals surface area contributed by atoms with E-state index in [4.69, 9.17) is 14.1 Å². The third-order valence-corrected chi connectivity index (χ3v) is 5.98. The van der Waals surface area contributed by atoms with Gasteiger partial charge in [0.15, 0.2) is 5.16 Å². The fourth-order valence-electron chi connectivity index (χ4n) is 3.27. The van der Waals surface area contributed by atoms with Crippen LogP contribution in [0.5, 0.6) is 0 Å². The topological polar surface area (TPSA) is 74.3 Å². The molecule has 0 aliphatic heterocycles. The van der Waals surface area contributed by atoms with Gasteiger partial charge < -0.3 is 9.15 Å². The maximum absolute atomic E-state index is 13.4. The van der Waals surface area contributed by atoms with Crippen LogP contribution in [0.4, 0.5) is 0 Å². The Morgan fingerprint density at radius 2 is 1.93 bits per heavy atom. The van der Waals surface area contributed by atoms with Crippen molar-refractivity contribution in [3.05, 3.63) is 87.6 Å². The number of esters is 1. The van der Waals surface area contributed by atoms with Gasteiger partial charge in [-0.25, -0.2) is 9.78 Å². The van der Waals surface area contributed by atoms with Gasteiger partial charge >= 0.3 is 5.97 Å². The maximum Gasteiger partial charge on any atom is 0.341 e. The molecule has 30 heavy (non-hydrogen) atoms. The van der Waals surface area contributed by atoms with Crippen LogP contribution >= 0.6 is 11.8 Å². The number of para-hydroxylation sites is 1. The minimum absolute atomic E-state index is 0.135. The van der Waals surface area contributed by atoms with Gasteiger partial charge in [-0.2, -0.15) is 0 Å². The van der Waals surface area contributed by atoms with Crippen molar-refractivity contribution in [1.82, 2.24) is 9.55 Å². The molecule has 0 aliphatic rings. The van der Waals surface area contributed by atoms with Crippen LogP contribution in [0.15, 0.2) is 69.2 Å². The number of carbonyl (C=O) groups is 1. The summed E-state index contributed by atoms with van der Waals surface area (Å²) in [4.78, 5) is 30.1. The molecule has 6 nitrogen and oxygen atoms in total. The summed E-state index contributed by atoms with van der Waals surface area (Å²) >= 11 is 1.34. The molecule has 0 bridgehead atoms. The molecule has 4 aromatic rings. The quantitative estimate of drug-likeness (QED) is 0.265. The maximum atomic E-state index is 13.4. The average molecular weight is 420 g/mol. The van der Waals surface area contributed by atoms with Crippen LogP contribution in [0.25, 0.3) is 16.6 Å². The number of hydrogen-bond acceptors (Lipinski definition) is 6. The predicted molar refractivity (Wildman–Crippen MR) is 116 cm³/mol. The lowest BCUT2D eigenvalue weighted by Crippen LogP contribution is -2.22. The largest absolute Gasteiger partial charge is 0.468 e. The second kappa shape index (κ2) is 8.20. The third kappa shape index (κ3) is 3.52. The van der Waals surface area contributed by atoms with Gasteiger partial charge in [0.25, 0.3) is 5.56 Å². The number of benzene rings is 2. The van der Waals surface area contributed by atoms with E-state index in [9.17, 15) is 9.59 Å². The Kier molecular flexibility index (Phi) is 5.46. The molecular formula is C23H20N2O4S. The smallest absolute Gasteiger partial charge is 0.341 e. The SMILES string of the molecule is COC(=O)c1ccoc1CSc1nc2ccccc2c(=O)n1-c1cccc(C)c1C. The second-order valence-electron chi connectivity index (χ2n) is 6.81. The van der Waals surface area contributed by atoms with Gasteiger partial charge in [-0.05, 0) is 49.2 Å². The van der Waals surface area contributed by atoms with Crippen LogP contribution in [0.1, 0.15) is 27.2 Å². The normalized spacial score (nSPS) is 11.0. The van der Waals surface area contributed by atoms with E-state index >= 15 is 0 Å². The number of methoxy groups -OCH3 is 1. The first-order chi connectivity index (χ1) is 14.5. The van der Waals surface area contributed by atoms with Crippen molar-refractivity contribution < 1.29 is 13.9 Å². The minimum Gasteiger partial charge on any atom is -0.468 e. The molecule has 0 fully saturated rings. The first kappa shape index (κ1) is 20.0. The number of aromatic nitrogens is 2. The fourth-order valence-corrected chi connectivity index (χ4v) is 4.23. The highest BCUT2D eigenvalue weighted by Crippen LogP contribution is 2.28. The van der Waals surface area contributed by atoms with Gasteiger partial charge in [0.05, 0.1) is 35.7 Å². The zero-order valence-electron chi connectivity index (χ0n) is 16.8. The molecule has 0 atom stereocenters. The third-order valence-electron chi connectivity index (χ3n) is 5.04. The lowest BCUT2D eigenvalue weighted by atomic mass is 10.1. The molecule has 2 aromatic carbocycles. The van der Waals surface area contributed by atoms with Crippen molar-refractivity contribution in [3.8, 4) is 5.69 Å². The molecule has 0 saturated heterocycles. The average Bonchev–Trinajstić information content (AvgIpc) is 3.23. The van der Waals surface area contributed by atoms with E-state index in [0.29, 0.717) is 33.1 Å². The number of carbonyl (C=O) groups excluding carboxylic acids is 1. The summed E-state index contributed by atoms with van der Waals surface area (Å²) in [7, 11) is 1.33. The zero-order chi connectivity index (χ0) is 21.3. The summed E-state index contributed by atoms with van der Waals surface area (Å²) in [5, 5.41) is 1.08. The Labute approximate surface area is 177 Å². The van der Waals surface area contributed by atoms with Crippen LogP contribution in [0, 0.1) is 13.8 Å². The molecule has 0 amide bonds. The number of aryl methyl sites for hydroxylation is 1. The van der Waals surface area contributed by atoms with Gasteiger partial charge in [-0.15, -0.1) is 0 Å². The Bertz CT molecular complexity index is 1310. The summed E-state index contributed by atoms with van der Waals surface area (Å²) in [5.74, 6) is 0.340. The van der Waals surface area contributed by atoms with Crippen molar-refractivity contribution >= 4 is 28.6 Å². The number of hydrogen-bond donors (Lipinski definition) is 0. The first-order valence-electron chi connectivity index (χ1n) is 9.37. The summed E-state index contributed by atoms with van der Waals surface area (Å²) in [6, 6.07) is 14.7. The lowest BCUT2D eigenvalue weighted by Gasteiger charge is -2.16. The van der Waals surface area contributed by atoms with E-state index in [2.05, 4.69) is 0 Å². The van der Waals surface area contributed by atoms with Crippen molar-refractivity contribution in [2.24, 2.45) is 0 Å². The number of nitrogens with zero attached hydrogens (tertiary/aromatic N) is 2. The van der Waals surface area contributed by atoms with Crippen LogP contribution in [-0.2, 0) is 10.5 Å². The zero-order valence-corrected chi connectivity index (χ0v) is 17.7. The van der Waals surface area contributed by atoms with E-state index in [1.165, 1.54) is 25.1 Å². The number of thioether (sulfide) groups is 1. The molecule has 0 radical (unpaired) electrons. The number of fused-ring (bicyclic) bond motifs is 1. The Morgan fingerprint density at radius 1 is 1.13 bits per heavy atom. The number of ether oxygens (including phenoxy) is 1. The summed E-state index contributed by atoms with van der Waals surface area (Å²) < 4.78 is 11.9. The van der Waals surface area contributed by atoms with E-state index in [1.807, 2.05) is 50.2 Å². The molecule has 0 N–H and O–H groups in total. The molecule has 0 spiro atoms. The highest BCUT2D eigenvalue weighted by molar-refractivity contribution is 7.98. The Morgan fingerprint density at radius 3 is 2.73 bits per heavy atom. The highest BCUT2D eigenvalue weighted by atomic mass is 32.2. The molecule has 2 aromatic heterocycles. The van der Waals surface area contributed by atoms with Crippen molar-refractivity contribution in [2.75, 3.05) is 7.11 Å². The van der Waals surface area contributed by atoms with Crippen LogP contribution in [0.2, 0.25) is 0 Å². The molecule has 152 valence electrons. The van der Waals surface area contributed by atoms with E-state index < -0.39 is 5.97 Å². The van der Waals surface area contributed by atoms with Gasteiger partial charge in [-0.3, -0.25) is 9.36 Å². The molecule has 7 heteroatoms. The summed E-state index contributed by atoms with van der Waals surface area (Å²) in [6.07, 6.45) is 1.45. The summed E-state index contributed by atoms with van der Waals surface area (Å²) in [6.45, 7) is 4.00. The predicted octanol–water partition coefficient (Wildman–Crippen LogP) is 4.67. The number of rotatable bonds is 5. The first-order valence-corrected chi connectivity index (χ1v) is 10.4. The molecule has 0 aliphatic carbocycles. The van der Waals surface area contributed by atoms with Crippen molar-refractivity contribution in [2.45, 2.75) is 24.8 Å². The van der Waals surface area contributed by atoms with Gasteiger partial charge in [-0.1, -0.05) is 36.0 Å². The molecule has 2 heterocycles. The van der Waals surface area contributed by atoms with Crippen LogP contribution in [-0.4, -0.2) is 22.6 Å². The van der Waals surface area contributed by atoms with Crippen molar-refractivity contribution in [1.29, 1.82) is 0 Å². The standard InChI is InChI=1S/C23H20N2O4S/c1-14-7-6-10-19(15(14)2)25-21(26)16-8-4-5-9-18(16)24-23(25)30-13-20-17(11-12-29-20)22(27)28-3/h4-12H,13H2,1-3H3. The van der Waals surface area contributed by atoms with Crippen LogP contribution in [0.3, 0.4) is 0 Å². The Hall–Kier alpha value is -3.32. The molecular weight excluding hydrogens is 400 g/mol. The second-order valence-corrected chi connectivity index (χ2v) is 7.75. The summed E-state index contributed by atoms with van der Waals surface area (Å²) in [5.41, 5.74) is 3.73. The van der Waals surface area contributed by atoms with E-state index in [-0.39, 0.29) is 5.56 Å². The lowest BCUT2D eigenvalue weighted by molar-refractivity contribution is 0.0598.